The van der Waals surface area contributed by atoms with Gasteiger partial charge in [-0.25, -0.2) is 4.98 Å². The second kappa shape index (κ2) is 10.3. The molecule has 5 aromatic rings. The van der Waals surface area contributed by atoms with Crippen LogP contribution in [0.4, 0.5) is 11.9 Å². The van der Waals surface area contributed by atoms with Crippen molar-refractivity contribution in [3.05, 3.63) is 78.0 Å². The number of nitrogens with zero attached hydrogens (tertiary/aromatic N) is 6. The number of fused-ring (bicyclic) bond motifs is 2. The van der Waals surface area contributed by atoms with Crippen LogP contribution in [-0.2, 0) is 6.54 Å². The fourth-order valence-electron chi connectivity index (χ4n) is 4.79. The third-order valence-corrected chi connectivity index (χ3v) is 7.02. The van der Waals surface area contributed by atoms with Crippen LogP contribution in [0.1, 0.15) is 43.7 Å². The number of hydrogen-bond donors (Lipinski definition) is 2. The first-order valence-electron chi connectivity index (χ1n) is 13.2. The summed E-state index contributed by atoms with van der Waals surface area (Å²) in [5, 5.41) is 9.19. The average molecular weight is 509 g/mol. The molecule has 0 radical (unpaired) electrons. The van der Waals surface area contributed by atoms with E-state index in [2.05, 4.69) is 34.1 Å². The second-order valence-electron chi connectivity index (χ2n) is 10.1. The van der Waals surface area contributed by atoms with E-state index in [1.807, 2.05) is 66.9 Å². The minimum atomic E-state index is 0.238. The van der Waals surface area contributed by atoms with Crippen LogP contribution >= 0.6 is 0 Å². The Bertz CT molecular complexity index is 1570. The molecule has 1 saturated heterocycles. The molecule has 0 bridgehead atoms. The SMILES string of the molecule is CC(C)c1cnn2c(NCc3ccccc3Oc3ccc4ccccc4n3)nc(N3CCC(N)CC3)nc12. The molecule has 194 valence electrons. The minimum Gasteiger partial charge on any atom is -0.439 e. The largest absolute Gasteiger partial charge is 0.439 e. The molecule has 1 aliphatic heterocycles. The van der Waals surface area contributed by atoms with Crippen LogP contribution in [-0.4, -0.2) is 43.7 Å². The summed E-state index contributed by atoms with van der Waals surface area (Å²) >= 11 is 0. The normalized spacial score (nSPS) is 14.5. The molecule has 9 nitrogen and oxygen atoms in total. The van der Waals surface area contributed by atoms with Crippen molar-refractivity contribution in [3.63, 3.8) is 0 Å². The second-order valence-corrected chi connectivity index (χ2v) is 10.1. The van der Waals surface area contributed by atoms with Crippen molar-refractivity contribution in [2.75, 3.05) is 23.3 Å². The van der Waals surface area contributed by atoms with Crippen LogP contribution in [0.2, 0.25) is 0 Å². The van der Waals surface area contributed by atoms with Gasteiger partial charge in [0.1, 0.15) is 5.75 Å². The lowest BCUT2D eigenvalue weighted by Crippen LogP contribution is -2.40. The van der Waals surface area contributed by atoms with Crippen molar-refractivity contribution in [2.45, 2.75) is 45.2 Å². The van der Waals surface area contributed by atoms with Gasteiger partial charge in [-0.1, -0.05) is 50.2 Å². The van der Waals surface area contributed by atoms with Gasteiger partial charge in [0, 0.05) is 48.3 Å². The monoisotopic (exact) mass is 508 g/mol. The Morgan fingerprint density at radius 1 is 0.974 bits per heavy atom. The summed E-state index contributed by atoms with van der Waals surface area (Å²) in [5.74, 6) is 2.94. The van der Waals surface area contributed by atoms with Crippen LogP contribution < -0.4 is 20.7 Å². The molecule has 9 heteroatoms. The molecule has 0 aliphatic carbocycles. The van der Waals surface area contributed by atoms with Gasteiger partial charge in [0.15, 0.2) is 5.65 Å². The highest BCUT2D eigenvalue weighted by molar-refractivity contribution is 5.78. The summed E-state index contributed by atoms with van der Waals surface area (Å²) in [7, 11) is 0. The molecular weight excluding hydrogens is 476 g/mol. The maximum Gasteiger partial charge on any atom is 0.230 e. The average Bonchev–Trinajstić information content (AvgIpc) is 3.37. The Labute approximate surface area is 221 Å². The smallest absolute Gasteiger partial charge is 0.230 e. The predicted molar refractivity (Wildman–Crippen MR) is 150 cm³/mol. The number of aromatic nitrogens is 5. The lowest BCUT2D eigenvalue weighted by atomic mass is 10.1. The Hall–Kier alpha value is -4.24. The molecule has 4 heterocycles. The predicted octanol–water partition coefficient (Wildman–Crippen LogP) is 5.13. The Morgan fingerprint density at radius 2 is 1.76 bits per heavy atom. The Kier molecular flexibility index (Phi) is 6.51. The number of benzene rings is 2. The van der Waals surface area contributed by atoms with Crippen LogP contribution in [0.5, 0.6) is 11.6 Å². The Balaban J connectivity index is 1.29. The standard InChI is InChI=1S/C29H32N8O/c1-19(2)23-18-32-37-27(23)34-29(36-15-13-22(30)14-16-36)35-28(37)31-17-21-8-4-6-10-25(21)38-26-12-11-20-7-3-5-9-24(20)33-26/h3-12,18-19,22H,13-17,30H2,1-2H3,(H,31,34,35). The molecule has 38 heavy (non-hydrogen) atoms. The van der Waals surface area contributed by atoms with Crippen molar-refractivity contribution >= 4 is 28.4 Å². The van der Waals surface area contributed by atoms with E-state index in [4.69, 9.17) is 20.4 Å². The first kappa shape index (κ1) is 24.1. The van der Waals surface area contributed by atoms with Crippen molar-refractivity contribution < 1.29 is 4.74 Å². The molecular formula is C29H32N8O. The van der Waals surface area contributed by atoms with Crippen LogP contribution in [0.25, 0.3) is 16.6 Å². The van der Waals surface area contributed by atoms with E-state index >= 15 is 0 Å². The summed E-state index contributed by atoms with van der Waals surface area (Å²) in [6, 6.07) is 20.1. The summed E-state index contributed by atoms with van der Waals surface area (Å²) < 4.78 is 8.03. The summed E-state index contributed by atoms with van der Waals surface area (Å²) in [6.07, 6.45) is 3.75. The minimum absolute atomic E-state index is 0.238. The maximum atomic E-state index is 6.23. The summed E-state index contributed by atoms with van der Waals surface area (Å²) in [4.78, 5) is 16.7. The number of nitrogens with one attached hydrogen (secondary N) is 1. The third-order valence-electron chi connectivity index (χ3n) is 7.02. The molecule has 0 atom stereocenters. The fourth-order valence-corrected chi connectivity index (χ4v) is 4.79. The van der Waals surface area contributed by atoms with Gasteiger partial charge in [-0.2, -0.15) is 19.6 Å². The number of anilines is 2. The zero-order valence-corrected chi connectivity index (χ0v) is 21.7. The number of rotatable bonds is 7. The van der Waals surface area contributed by atoms with Crippen LogP contribution in [0.15, 0.2) is 66.9 Å². The van der Waals surface area contributed by atoms with Crippen molar-refractivity contribution in [1.29, 1.82) is 0 Å². The van der Waals surface area contributed by atoms with E-state index in [0.717, 1.165) is 59.4 Å². The molecule has 6 rings (SSSR count). The van der Waals surface area contributed by atoms with Gasteiger partial charge in [0.05, 0.1) is 11.7 Å². The van der Waals surface area contributed by atoms with Crippen molar-refractivity contribution in [2.24, 2.45) is 5.73 Å². The lowest BCUT2D eigenvalue weighted by Gasteiger charge is -2.30. The highest BCUT2D eigenvalue weighted by atomic mass is 16.5. The molecule has 0 amide bonds. The molecule has 3 N–H and O–H groups in total. The number of pyridine rings is 1. The van der Waals surface area contributed by atoms with Gasteiger partial charge < -0.3 is 20.7 Å². The van der Waals surface area contributed by atoms with Gasteiger partial charge in [-0.05, 0) is 37.0 Å². The molecule has 3 aromatic heterocycles. The van der Waals surface area contributed by atoms with Gasteiger partial charge in [-0.15, -0.1) is 0 Å². The van der Waals surface area contributed by atoms with Gasteiger partial charge in [0.25, 0.3) is 0 Å². The van der Waals surface area contributed by atoms with E-state index in [1.165, 1.54) is 0 Å². The summed E-state index contributed by atoms with van der Waals surface area (Å²) in [6.45, 7) is 6.49. The Morgan fingerprint density at radius 3 is 2.61 bits per heavy atom. The fraction of sp³-hybridized carbons (Fsp3) is 0.310. The number of hydrogen-bond acceptors (Lipinski definition) is 8. The number of piperidine rings is 1. The molecule has 2 aromatic carbocycles. The van der Waals surface area contributed by atoms with Crippen molar-refractivity contribution in [1.82, 2.24) is 24.6 Å². The number of ether oxygens (including phenoxy) is 1. The van der Waals surface area contributed by atoms with Crippen LogP contribution in [0, 0.1) is 0 Å². The maximum absolute atomic E-state index is 6.23. The lowest BCUT2D eigenvalue weighted by molar-refractivity contribution is 0.460. The zero-order valence-electron chi connectivity index (χ0n) is 21.7. The molecule has 1 fully saturated rings. The summed E-state index contributed by atoms with van der Waals surface area (Å²) in [5.41, 5.74) is 9.94. The molecule has 1 aliphatic rings. The number of nitrogens with two attached hydrogens (primary N) is 1. The molecule has 0 spiro atoms. The van der Waals surface area contributed by atoms with Crippen molar-refractivity contribution in [3.8, 4) is 11.6 Å². The van der Waals surface area contributed by atoms with E-state index in [0.29, 0.717) is 30.2 Å². The quantitative estimate of drug-likeness (QED) is 0.312. The zero-order chi connectivity index (χ0) is 26.1. The topological polar surface area (TPSA) is 106 Å². The highest BCUT2D eigenvalue weighted by Crippen LogP contribution is 2.28. The first-order chi connectivity index (χ1) is 18.5. The van der Waals surface area contributed by atoms with E-state index < -0.39 is 0 Å². The van der Waals surface area contributed by atoms with E-state index in [9.17, 15) is 0 Å². The van der Waals surface area contributed by atoms with Gasteiger partial charge >= 0.3 is 0 Å². The molecule has 0 saturated carbocycles. The van der Waals surface area contributed by atoms with E-state index in [-0.39, 0.29) is 6.04 Å². The molecule has 0 unspecified atom stereocenters. The third kappa shape index (κ3) is 4.84. The van der Waals surface area contributed by atoms with E-state index in [1.54, 1.807) is 4.52 Å². The van der Waals surface area contributed by atoms with Crippen LogP contribution in [0.3, 0.4) is 0 Å². The van der Waals surface area contributed by atoms with Gasteiger partial charge in [-0.3, -0.25) is 0 Å². The number of para-hydroxylation sites is 2. The highest BCUT2D eigenvalue weighted by Gasteiger charge is 2.22. The van der Waals surface area contributed by atoms with Gasteiger partial charge in [0.2, 0.25) is 17.8 Å². The first-order valence-corrected chi connectivity index (χ1v) is 13.2.